The average molecular weight is 393 g/mol. The zero-order valence-corrected chi connectivity index (χ0v) is 14.1. The summed E-state index contributed by atoms with van der Waals surface area (Å²) in [5, 5.41) is 11.7. The molecule has 0 spiro atoms. The lowest BCUT2D eigenvalue weighted by Crippen LogP contribution is -2.12. The smallest absolute Gasteiger partial charge is 0.416 e. The predicted molar refractivity (Wildman–Crippen MR) is 91.7 cm³/mol. The van der Waals surface area contributed by atoms with Crippen LogP contribution in [0.4, 0.5) is 18.3 Å². The Kier molecular flexibility index (Phi) is 4.91. The maximum Gasteiger partial charge on any atom is 0.416 e. The molecule has 3 aromatic rings. The number of benzene rings is 1. The van der Waals surface area contributed by atoms with E-state index in [2.05, 4.69) is 15.3 Å². The minimum atomic E-state index is -4.50. The van der Waals surface area contributed by atoms with Crippen molar-refractivity contribution in [1.82, 2.24) is 9.97 Å². The van der Waals surface area contributed by atoms with E-state index in [1.54, 1.807) is 18.2 Å². The van der Waals surface area contributed by atoms with Crippen molar-refractivity contribution in [3.8, 4) is 11.4 Å². The lowest BCUT2D eigenvalue weighted by molar-refractivity contribution is -0.137. The maximum atomic E-state index is 12.6. The Labute approximate surface area is 154 Å². The number of hydrogen-bond donors (Lipinski definition) is 2. The fourth-order valence-corrected chi connectivity index (χ4v) is 2.98. The maximum absolute atomic E-state index is 12.6. The molecule has 0 fully saturated rings. The van der Waals surface area contributed by atoms with Gasteiger partial charge in [-0.3, -0.25) is 15.1 Å². The molecule has 0 aliphatic carbocycles. The average Bonchev–Trinajstić information content (AvgIpc) is 3.06. The molecule has 0 bridgehead atoms. The number of nitrogens with one attached hydrogen (secondary N) is 1. The third-order valence-electron chi connectivity index (χ3n) is 3.42. The van der Waals surface area contributed by atoms with Crippen molar-refractivity contribution in [2.75, 3.05) is 5.32 Å². The van der Waals surface area contributed by atoms with Gasteiger partial charge in [-0.2, -0.15) is 13.2 Å². The van der Waals surface area contributed by atoms with Gasteiger partial charge >= 0.3 is 12.1 Å². The van der Waals surface area contributed by atoms with Gasteiger partial charge in [0.1, 0.15) is 10.6 Å². The highest BCUT2D eigenvalue weighted by molar-refractivity contribution is 7.18. The van der Waals surface area contributed by atoms with E-state index in [0.29, 0.717) is 5.69 Å². The minimum absolute atomic E-state index is 0.00190. The van der Waals surface area contributed by atoms with E-state index in [-0.39, 0.29) is 21.3 Å². The first-order valence-electron chi connectivity index (χ1n) is 7.40. The van der Waals surface area contributed by atoms with Crippen molar-refractivity contribution in [3.63, 3.8) is 0 Å². The summed E-state index contributed by atoms with van der Waals surface area (Å²) in [5.74, 6) is -1.94. The van der Waals surface area contributed by atoms with Crippen LogP contribution in [-0.2, 0) is 6.18 Å². The molecule has 27 heavy (non-hydrogen) atoms. The van der Waals surface area contributed by atoms with Crippen LogP contribution < -0.4 is 5.32 Å². The number of rotatable bonds is 4. The molecule has 2 aromatic heterocycles. The molecule has 0 saturated carbocycles. The predicted octanol–water partition coefficient (Wildman–Crippen LogP) is 4.17. The van der Waals surface area contributed by atoms with Gasteiger partial charge in [-0.05, 0) is 36.4 Å². The number of thiazole rings is 1. The molecule has 0 aliphatic heterocycles. The molecule has 6 nitrogen and oxygen atoms in total. The van der Waals surface area contributed by atoms with Crippen molar-refractivity contribution < 1.29 is 27.9 Å². The zero-order valence-electron chi connectivity index (χ0n) is 13.3. The highest BCUT2D eigenvalue weighted by Gasteiger charge is 2.30. The van der Waals surface area contributed by atoms with Crippen LogP contribution in [0.5, 0.6) is 0 Å². The fraction of sp³-hybridized carbons (Fsp3) is 0.0588. The normalized spacial score (nSPS) is 11.2. The third-order valence-corrected chi connectivity index (χ3v) is 4.38. The molecule has 138 valence electrons. The minimum Gasteiger partial charge on any atom is -0.477 e. The largest absolute Gasteiger partial charge is 0.477 e. The highest BCUT2D eigenvalue weighted by Crippen LogP contribution is 2.31. The Hall–Kier alpha value is -3.27. The Morgan fingerprint density at radius 2 is 1.78 bits per heavy atom. The number of nitrogens with zero attached hydrogens (tertiary/aromatic N) is 2. The second-order valence-corrected chi connectivity index (χ2v) is 6.25. The molecule has 0 unspecified atom stereocenters. The third kappa shape index (κ3) is 4.11. The summed E-state index contributed by atoms with van der Waals surface area (Å²) >= 11 is 0.730. The van der Waals surface area contributed by atoms with Crippen molar-refractivity contribution in [3.05, 3.63) is 64.7 Å². The van der Waals surface area contributed by atoms with E-state index >= 15 is 0 Å². The van der Waals surface area contributed by atoms with Gasteiger partial charge in [0, 0.05) is 11.8 Å². The van der Waals surface area contributed by atoms with Crippen LogP contribution in [-0.4, -0.2) is 27.0 Å². The van der Waals surface area contributed by atoms with E-state index < -0.39 is 23.6 Å². The topological polar surface area (TPSA) is 92.2 Å². The molecule has 10 heteroatoms. The van der Waals surface area contributed by atoms with Crippen LogP contribution >= 0.6 is 11.3 Å². The zero-order chi connectivity index (χ0) is 19.6. The monoisotopic (exact) mass is 393 g/mol. The number of aromatic nitrogens is 2. The fourth-order valence-electron chi connectivity index (χ4n) is 2.17. The SMILES string of the molecule is O=C(Nc1nc(-c2ccccn2)c(C(=O)O)s1)c1ccc(C(F)(F)F)cc1. The molecule has 0 saturated heterocycles. The van der Waals surface area contributed by atoms with Gasteiger partial charge < -0.3 is 5.11 Å². The number of carbonyl (C=O) groups excluding carboxylic acids is 1. The van der Waals surface area contributed by atoms with Gasteiger partial charge in [0.2, 0.25) is 0 Å². The second-order valence-electron chi connectivity index (χ2n) is 5.25. The summed E-state index contributed by atoms with van der Waals surface area (Å²) in [6.07, 6.45) is -3.03. The standard InChI is InChI=1S/C17H10F3N3O3S/c18-17(19,20)10-6-4-9(5-7-10)14(24)23-16-22-12(13(27-16)15(25)26)11-3-1-2-8-21-11/h1-8H,(H,25,26)(H,22,23,24). The van der Waals surface area contributed by atoms with Crippen LogP contribution in [0.1, 0.15) is 25.6 Å². The van der Waals surface area contributed by atoms with E-state index in [0.717, 1.165) is 35.6 Å². The van der Waals surface area contributed by atoms with Crippen LogP contribution in [0.25, 0.3) is 11.4 Å². The molecule has 3 rings (SSSR count). The summed E-state index contributed by atoms with van der Waals surface area (Å²) in [4.78, 5) is 31.6. The van der Waals surface area contributed by atoms with Crippen LogP contribution in [0.3, 0.4) is 0 Å². The Morgan fingerprint density at radius 1 is 1.07 bits per heavy atom. The Morgan fingerprint density at radius 3 is 2.33 bits per heavy atom. The van der Waals surface area contributed by atoms with Crippen molar-refractivity contribution in [2.24, 2.45) is 0 Å². The van der Waals surface area contributed by atoms with Crippen molar-refractivity contribution in [2.45, 2.75) is 6.18 Å². The number of carbonyl (C=O) groups is 2. The first-order valence-corrected chi connectivity index (χ1v) is 8.21. The van der Waals surface area contributed by atoms with Crippen LogP contribution in [0, 0.1) is 0 Å². The van der Waals surface area contributed by atoms with E-state index in [1.807, 2.05) is 0 Å². The van der Waals surface area contributed by atoms with Gasteiger partial charge in [0.25, 0.3) is 5.91 Å². The first-order chi connectivity index (χ1) is 12.8. The van der Waals surface area contributed by atoms with E-state index in [9.17, 15) is 27.9 Å². The summed E-state index contributed by atoms with van der Waals surface area (Å²) in [6.45, 7) is 0. The van der Waals surface area contributed by atoms with E-state index in [1.165, 1.54) is 6.20 Å². The van der Waals surface area contributed by atoms with Crippen LogP contribution in [0.2, 0.25) is 0 Å². The van der Waals surface area contributed by atoms with E-state index in [4.69, 9.17) is 0 Å². The number of alkyl halides is 3. The number of carboxylic acid groups (broad SMARTS) is 1. The lowest BCUT2D eigenvalue weighted by atomic mass is 10.1. The second kappa shape index (κ2) is 7.16. The molecular formula is C17H10F3N3O3S. The highest BCUT2D eigenvalue weighted by atomic mass is 32.1. The molecule has 2 heterocycles. The van der Waals surface area contributed by atoms with Crippen molar-refractivity contribution >= 4 is 28.3 Å². The molecular weight excluding hydrogens is 383 g/mol. The lowest BCUT2D eigenvalue weighted by Gasteiger charge is -2.07. The Balaban J connectivity index is 1.85. The molecule has 0 aliphatic rings. The van der Waals surface area contributed by atoms with Gasteiger partial charge in [0.15, 0.2) is 5.13 Å². The summed E-state index contributed by atoms with van der Waals surface area (Å²) in [7, 11) is 0. The molecule has 0 radical (unpaired) electrons. The molecule has 2 N–H and O–H groups in total. The summed E-state index contributed by atoms with van der Waals surface area (Å²) < 4.78 is 37.7. The molecule has 1 amide bonds. The number of hydrogen-bond acceptors (Lipinski definition) is 5. The van der Waals surface area contributed by atoms with Gasteiger partial charge in [-0.15, -0.1) is 0 Å². The summed E-state index contributed by atoms with van der Waals surface area (Å²) in [5.41, 5.74) is -0.481. The van der Waals surface area contributed by atoms with Crippen molar-refractivity contribution in [1.29, 1.82) is 0 Å². The number of pyridine rings is 1. The summed E-state index contributed by atoms with van der Waals surface area (Å²) in [6, 6.07) is 8.53. The van der Waals surface area contributed by atoms with Crippen LogP contribution in [0.15, 0.2) is 48.7 Å². The molecule has 1 aromatic carbocycles. The van der Waals surface area contributed by atoms with Gasteiger partial charge in [-0.1, -0.05) is 17.4 Å². The quantitative estimate of drug-likeness (QED) is 0.694. The number of aromatic carboxylic acids is 1. The first kappa shape index (κ1) is 18.5. The molecule has 0 atom stereocenters. The number of halogens is 3. The van der Waals surface area contributed by atoms with Gasteiger partial charge in [0.05, 0.1) is 11.3 Å². The number of amides is 1. The number of carboxylic acids is 1. The number of anilines is 1. The van der Waals surface area contributed by atoms with Gasteiger partial charge in [-0.25, -0.2) is 9.78 Å². The Bertz CT molecular complexity index is 986.